The first-order valence-electron chi connectivity index (χ1n) is 14.0. The maximum Gasteiger partial charge on any atom is 0.165 e. The average molecular weight is 520 g/mol. The first-order chi connectivity index (χ1) is 20.3. The van der Waals surface area contributed by atoms with E-state index in [4.69, 9.17) is 9.97 Å². The molecule has 0 spiro atoms. The molecule has 2 aromatic heterocycles. The Hall–Kier alpha value is -5.54. The fourth-order valence-corrected chi connectivity index (χ4v) is 7.17. The first-order valence-corrected chi connectivity index (χ1v) is 14.0. The van der Waals surface area contributed by atoms with E-state index >= 15 is 0 Å². The van der Waals surface area contributed by atoms with E-state index in [0.29, 0.717) is 0 Å². The van der Waals surface area contributed by atoms with Crippen molar-refractivity contribution in [3.05, 3.63) is 127 Å². The molecule has 0 N–H and O–H groups in total. The summed E-state index contributed by atoms with van der Waals surface area (Å²) in [5, 5.41) is 10.4. The van der Waals surface area contributed by atoms with Crippen LogP contribution in [0.2, 0.25) is 0 Å². The summed E-state index contributed by atoms with van der Waals surface area (Å²) in [6, 6.07) is 45.7. The largest absolute Gasteiger partial charge is 0.292 e. The number of para-hydroxylation sites is 2. The van der Waals surface area contributed by atoms with Gasteiger partial charge in [0.2, 0.25) is 0 Å². The van der Waals surface area contributed by atoms with Gasteiger partial charge in [0.05, 0.1) is 22.1 Å². The molecule has 0 saturated carbocycles. The highest BCUT2D eigenvalue weighted by Gasteiger charge is 2.26. The summed E-state index contributed by atoms with van der Waals surface area (Å²) in [5.41, 5.74) is 8.57. The Morgan fingerprint density at radius 3 is 1.76 bits per heavy atom. The van der Waals surface area contributed by atoms with E-state index in [1.165, 1.54) is 54.2 Å². The minimum atomic E-state index is 0.852. The zero-order valence-corrected chi connectivity index (χ0v) is 22.0. The molecule has 7 aromatic carbocycles. The lowest BCUT2D eigenvalue weighted by atomic mass is 9.93. The molecule has 3 heteroatoms. The predicted octanol–water partition coefficient (Wildman–Crippen LogP) is 9.83. The summed E-state index contributed by atoms with van der Waals surface area (Å²) in [5.74, 6) is 0.852. The zero-order valence-electron chi connectivity index (χ0n) is 22.0. The van der Waals surface area contributed by atoms with Crippen molar-refractivity contribution in [2.24, 2.45) is 0 Å². The standard InChI is InChI=1S/C38H21N3/c1-2-8-25(9-3-1)37-38(40-29-14-5-4-13-28(29)39-37)41-30-15-7-12-27-26-11-6-10-22-16-17-23-18-19-24-20-21-31(41)36(35(27)30)34(24)33(23)32(22)26/h1-21H. The molecule has 0 amide bonds. The highest BCUT2D eigenvalue weighted by molar-refractivity contribution is 6.38. The van der Waals surface area contributed by atoms with Crippen LogP contribution in [-0.2, 0) is 0 Å². The van der Waals surface area contributed by atoms with Crippen LogP contribution >= 0.6 is 0 Å². The van der Waals surface area contributed by atoms with Gasteiger partial charge in [-0.2, -0.15) is 0 Å². The number of hydrogen-bond acceptors (Lipinski definition) is 2. The zero-order chi connectivity index (χ0) is 26.7. The monoisotopic (exact) mass is 519 g/mol. The van der Waals surface area contributed by atoms with Crippen LogP contribution < -0.4 is 0 Å². The van der Waals surface area contributed by atoms with E-state index in [1.807, 2.05) is 24.3 Å². The second-order valence-electron chi connectivity index (χ2n) is 11.0. The lowest BCUT2D eigenvalue weighted by molar-refractivity contribution is 1.08. The van der Waals surface area contributed by atoms with Crippen molar-refractivity contribution in [3.63, 3.8) is 0 Å². The molecule has 1 aliphatic carbocycles. The van der Waals surface area contributed by atoms with Crippen LogP contribution in [0.15, 0.2) is 127 Å². The highest BCUT2D eigenvalue weighted by atomic mass is 15.1. The molecule has 0 fully saturated rings. The van der Waals surface area contributed by atoms with Crippen LogP contribution in [0.4, 0.5) is 0 Å². The Morgan fingerprint density at radius 1 is 0.390 bits per heavy atom. The molecule has 0 atom stereocenters. The van der Waals surface area contributed by atoms with E-state index in [1.54, 1.807) is 0 Å². The van der Waals surface area contributed by atoms with Gasteiger partial charge in [-0.15, -0.1) is 0 Å². The summed E-state index contributed by atoms with van der Waals surface area (Å²) < 4.78 is 2.35. The van der Waals surface area contributed by atoms with Gasteiger partial charge in [0.1, 0.15) is 5.69 Å². The van der Waals surface area contributed by atoms with E-state index in [2.05, 4.69) is 108 Å². The average Bonchev–Trinajstić information content (AvgIpc) is 3.31. The van der Waals surface area contributed by atoms with Gasteiger partial charge < -0.3 is 0 Å². The molecule has 188 valence electrons. The van der Waals surface area contributed by atoms with Crippen LogP contribution in [0.25, 0.3) is 93.4 Å². The summed E-state index contributed by atoms with van der Waals surface area (Å²) in [7, 11) is 0. The highest BCUT2D eigenvalue weighted by Crippen LogP contribution is 2.50. The van der Waals surface area contributed by atoms with Gasteiger partial charge in [-0.1, -0.05) is 103 Å². The molecule has 0 unspecified atom stereocenters. The normalized spacial score (nSPS) is 12.4. The second kappa shape index (κ2) is 7.56. The van der Waals surface area contributed by atoms with Crippen molar-refractivity contribution in [1.29, 1.82) is 0 Å². The van der Waals surface area contributed by atoms with Crippen molar-refractivity contribution in [3.8, 4) is 28.2 Å². The Bertz CT molecular complexity index is 2570. The number of hydrogen-bond donors (Lipinski definition) is 0. The van der Waals surface area contributed by atoms with Gasteiger partial charge in [0.15, 0.2) is 5.82 Å². The van der Waals surface area contributed by atoms with Crippen LogP contribution in [0.3, 0.4) is 0 Å². The number of nitrogens with zero attached hydrogens (tertiary/aromatic N) is 3. The number of benzene rings is 7. The molecular weight excluding hydrogens is 498 g/mol. The number of fused-ring (bicyclic) bond motifs is 2. The lowest BCUT2D eigenvalue weighted by Gasteiger charge is -2.15. The Morgan fingerprint density at radius 2 is 0.976 bits per heavy atom. The van der Waals surface area contributed by atoms with Gasteiger partial charge in [0, 0.05) is 21.7 Å². The molecule has 0 saturated heterocycles. The van der Waals surface area contributed by atoms with E-state index < -0.39 is 0 Å². The van der Waals surface area contributed by atoms with Gasteiger partial charge in [-0.05, 0) is 62.3 Å². The third-order valence-corrected chi connectivity index (χ3v) is 8.86. The molecule has 0 aliphatic heterocycles. The smallest absolute Gasteiger partial charge is 0.165 e. The van der Waals surface area contributed by atoms with Crippen molar-refractivity contribution in [1.82, 2.24) is 14.5 Å². The maximum absolute atomic E-state index is 5.32. The van der Waals surface area contributed by atoms with Crippen molar-refractivity contribution in [2.45, 2.75) is 0 Å². The Labute approximate surface area is 234 Å². The fraction of sp³-hybridized carbons (Fsp3) is 0. The third-order valence-electron chi connectivity index (χ3n) is 8.86. The maximum atomic E-state index is 5.32. The number of aromatic nitrogens is 3. The summed E-state index contributed by atoms with van der Waals surface area (Å²) in [4.78, 5) is 10.5. The minimum absolute atomic E-state index is 0.852. The Kier molecular flexibility index (Phi) is 3.93. The quantitative estimate of drug-likeness (QED) is 0.213. The van der Waals surface area contributed by atoms with Gasteiger partial charge in [0.25, 0.3) is 0 Å². The van der Waals surface area contributed by atoms with Crippen LogP contribution in [0.1, 0.15) is 0 Å². The molecule has 2 heterocycles. The molecular formula is C38H21N3. The van der Waals surface area contributed by atoms with Gasteiger partial charge in [-0.3, -0.25) is 4.57 Å². The molecule has 10 rings (SSSR count). The predicted molar refractivity (Wildman–Crippen MR) is 171 cm³/mol. The molecule has 1 aliphatic rings. The minimum Gasteiger partial charge on any atom is -0.292 e. The summed E-state index contributed by atoms with van der Waals surface area (Å²) >= 11 is 0. The van der Waals surface area contributed by atoms with Crippen molar-refractivity contribution >= 4 is 65.2 Å². The van der Waals surface area contributed by atoms with Crippen LogP contribution in [-0.4, -0.2) is 14.5 Å². The third kappa shape index (κ3) is 2.68. The molecule has 3 nitrogen and oxygen atoms in total. The topological polar surface area (TPSA) is 30.7 Å². The van der Waals surface area contributed by atoms with E-state index in [-0.39, 0.29) is 0 Å². The fourth-order valence-electron chi connectivity index (χ4n) is 7.17. The van der Waals surface area contributed by atoms with Gasteiger partial charge >= 0.3 is 0 Å². The Balaban J connectivity index is 1.48. The van der Waals surface area contributed by atoms with Crippen LogP contribution in [0, 0.1) is 0 Å². The van der Waals surface area contributed by atoms with Crippen molar-refractivity contribution in [2.75, 3.05) is 0 Å². The molecule has 41 heavy (non-hydrogen) atoms. The van der Waals surface area contributed by atoms with Crippen LogP contribution in [0.5, 0.6) is 0 Å². The van der Waals surface area contributed by atoms with E-state index in [9.17, 15) is 0 Å². The lowest BCUT2D eigenvalue weighted by Crippen LogP contribution is -2.03. The number of rotatable bonds is 2. The summed E-state index contributed by atoms with van der Waals surface area (Å²) in [6.45, 7) is 0. The van der Waals surface area contributed by atoms with Gasteiger partial charge in [-0.25, -0.2) is 9.97 Å². The SMILES string of the molecule is c1ccc(-c2nc3ccccc3nc2-n2c3cccc4c3c3c5c(ccc6ccc7cccc-4c7c65)ccc32)cc1. The first kappa shape index (κ1) is 21.3. The van der Waals surface area contributed by atoms with E-state index in [0.717, 1.165) is 39.1 Å². The molecule has 0 bridgehead atoms. The second-order valence-corrected chi connectivity index (χ2v) is 11.0. The molecule has 0 radical (unpaired) electrons. The van der Waals surface area contributed by atoms with Crippen molar-refractivity contribution < 1.29 is 0 Å². The molecule has 9 aromatic rings. The summed E-state index contributed by atoms with van der Waals surface area (Å²) in [6.07, 6.45) is 0.